The molecule has 0 aromatic heterocycles. The summed E-state index contributed by atoms with van der Waals surface area (Å²) in [5, 5.41) is 0. The zero-order valence-electron chi connectivity index (χ0n) is 13.4. The lowest BCUT2D eigenvalue weighted by atomic mass is 9.81. The first-order chi connectivity index (χ1) is 7.15. The standard InChI is InChI=1S/2C8H18/c1-6-7(2)8(3,4)5;1-5-8(4)6-7(2)3/h7H,6H2,1-5H3;7-8H,5-6H2,1-4H3. The van der Waals surface area contributed by atoms with Crippen LogP contribution >= 0.6 is 0 Å². The molecule has 0 spiro atoms. The van der Waals surface area contributed by atoms with Gasteiger partial charge in [0, 0.05) is 0 Å². The summed E-state index contributed by atoms with van der Waals surface area (Å²) in [6, 6.07) is 0. The minimum Gasteiger partial charge on any atom is -0.0651 e. The van der Waals surface area contributed by atoms with Crippen LogP contribution < -0.4 is 0 Å². The highest BCUT2D eigenvalue weighted by molar-refractivity contribution is 4.67. The molecule has 0 fully saturated rings. The Kier molecular flexibility index (Phi) is 10.4. The first-order valence-electron chi connectivity index (χ1n) is 7.15. The Balaban J connectivity index is 0. The quantitative estimate of drug-likeness (QED) is 0.541. The Morgan fingerprint density at radius 1 is 0.812 bits per heavy atom. The molecule has 0 aromatic rings. The molecule has 0 bridgehead atoms. The van der Waals surface area contributed by atoms with Gasteiger partial charge in [-0.15, -0.1) is 0 Å². The highest BCUT2D eigenvalue weighted by Gasteiger charge is 2.16. The zero-order valence-corrected chi connectivity index (χ0v) is 13.4. The minimum atomic E-state index is 0.509. The Bertz CT molecular complexity index is 139. The summed E-state index contributed by atoms with van der Waals surface area (Å²) in [4.78, 5) is 0. The molecule has 0 heterocycles. The Morgan fingerprint density at radius 3 is 1.31 bits per heavy atom. The average molecular weight is 228 g/mol. The maximum atomic E-state index is 2.32. The van der Waals surface area contributed by atoms with Crippen molar-refractivity contribution in [1.29, 1.82) is 0 Å². The third-order valence-electron chi connectivity index (χ3n) is 3.66. The molecule has 0 saturated carbocycles. The fourth-order valence-electron chi connectivity index (χ4n) is 1.58. The summed E-state index contributed by atoms with van der Waals surface area (Å²) in [7, 11) is 0. The normalized spacial score (nSPS) is 15.4. The summed E-state index contributed by atoms with van der Waals surface area (Å²) in [6.07, 6.45) is 4.01. The average Bonchev–Trinajstić information content (AvgIpc) is 2.15. The molecule has 0 rings (SSSR count). The molecule has 16 heavy (non-hydrogen) atoms. The van der Waals surface area contributed by atoms with Crippen molar-refractivity contribution in [3.05, 3.63) is 0 Å². The van der Waals surface area contributed by atoms with Gasteiger partial charge in [0.2, 0.25) is 0 Å². The fraction of sp³-hybridized carbons (Fsp3) is 1.00. The third-order valence-corrected chi connectivity index (χ3v) is 3.66. The van der Waals surface area contributed by atoms with Crippen LogP contribution in [0, 0.1) is 23.2 Å². The van der Waals surface area contributed by atoms with Gasteiger partial charge in [0.1, 0.15) is 0 Å². The first-order valence-corrected chi connectivity index (χ1v) is 7.15. The van der Waals surface area contributed by atoms with E-state index in [2.05, 4.69) is 62.3 Å². The lowest BCUT2D eigenvalue weighted by Gasteiger charge is -2.25. The van der Waals surface area contributed by atoms with Crippen LogP contribution in [0.5, 0.6) is 0 Å². The van der Waals surface area contributed by atoms with E-state index in [1.54, 1.807) is 0 Å². The second-order valence-corrected chi connectivity index (χ2v) is 6.82. The van der Waals surface area contributed by atoms with Gasteiger partial charge in [-0.1, -0.05) is 75.2 Å². The SMILES string of the molecule is CCC(C)C(C)(C)C.CCC(C)CC(C)C. The fourth-order valence-corrected chi connectivity index (χ4v) is 1.58. The van der Waals surface area contributed by atoms with Crippen LogP contribution in [0.1, 0.15) is 81.6 Å². The van der Waals surface area contributed by atoms with E-state index in [1.807, 2.05) is 0 Å². The van der Waals surface area contributed by atoms with Crippen molar-refractivity contribution in [2.75, 3.05) is 0 Å². The van der Waals surface area contributed by atoms with E-state index in [0.29, 0.717) is 5.41 Å². The van der Waals surface area contributed by atoms with Gasteiger partial charge in [-0.05, 0) is 29.6 Å². The van der Waals surface area contributed by atoms with Gasteiger partial charge in [-0.3, -0.25) is 0 Å². The van der Waals surface area contributed by atoms with Crippen LogP contribution in [-0.2, 0) is 0 Å². The maximum absolute atomic E-state index is 2.32. The van der Waals surface area contributed by atoms with Gasteiger partial charge in [0.05, 0.1) is 0 Å². The van der Waals surface area contributed by atoms with Crippen LogP contribution in [0.2, 0.25) is 0 Å². The molecule has 0 N–H and O–H groups in total. The van der Waals surface area contributed by atoms with Crippen molar-refractivity contribution in [3.8, 4) is 0 Å². The van der Waals surface area contributed by atoms with E-state index in [9.17, 15) is 0 Å². The smallest absolute Gasteiger partial charge is 0.0357 e. The lowest BCUT2D eigenvalue weighted by molar-refractivity contribution is 0.254. The molecule has 0 radical (unpaired) electrons. The molecule has 0 saturated heterocycles. The Hall–Kier alpha value is 0. The molecular weight excluding hydrogens is 192 g/mol. The second-order valence-electron chi connectivity index (χ2n) is 6.82. The van der Waals surface area contributed by atoms with Crippen molar-refractivity contribution in [2.45, 2.75) is 81.6 Å². The van der Waals surface area contributed by atoms with Crippen molar-refractivity contribution >= 4 is 0 Å². The minimum absolute atomic E-state index is 0.509. The van der Waals surface area contributed by atoms with E-state index in [0.717, 1.165) is 17.8 Å². The van der Waals surface area contributed by atoms with E-state index in [4.69, 9.17) is 0 Å². The first kappa shape index (κ1) is 18.4. The van der Waals surface area contributed by atoms with Crippen LogP contribution in [0.3, 0.4) is 0 Å². The van der Waals surface area contributed by atoms with E-state index >= 15 is 0 Å². The second kappa shape index (κ2) is 9.07. The van der Waals surface area contributed by atoms with Crippen LogP contribution in [0.15, 0.2) is 0 Å². The summed E-state index contributed by atoms with van der Waals surface area (Å²) in [5.74, 6) is 2.66. The predicted octanol–water partition coefficient (Wildman–Crippen LogP) is 6.16. The van der Waals surface area contributed by atoms with Gasteiger partial charge < -0.3 is 0 Å². The molecular formula is C16H36. The van der Waals surface area contributed by atoms with Crippen LogP contribution in [0.4, 0.5) is 0 Å². The summed E-state index contributed by atoms with van der Waals surface area (Å²) < 4.78 is 0. The number of rotatable bonds is 4. The summed E-state index contributed by atoms with van der Waals surface area (Å²) >= 11 is 0. The van der Waals surface area contributed by atoms with Crippen molar-refractivity contribution in [1.82, 2.24) is 0 Å². The van der Waals surface area contributed by atoms with Crippen molar-refractivity contribution in [3.63, 3.8) is 0 Å². The number of hydrogen-bond acceptors (Lipinski definition) is 0. The highest BCUT2D eigenvalue weighted by Crippen LogP contribution is 2.27. The predicted molar refractivity (Wildman–Crippen MR) is 77.8 cm³/mol. The van der Waals surface area contributed by atoms with E-state index < -0.39 is 0 Å². The molecule has 2 unspecified atom stereocenters. The topological polar surface area (TPSA) is 0 Å². The van der Waals surface area contributed by atoms with E-state index in [-0.39, 0.29) is 0 Å². The highest BCUT2D eigenvalue weighted by atomic mass is 14.2. The largest absolute Gasteiger partial charge is 0.0651 e. The summed E-state index contributed by atoms with van der Waals surface area (Å²) in [6.45, 7) is 20.6. The molecule has 0 aromatic carbocycles. The Labute approximate surface area is 105 Å². The van der Waals surface area contributed by atoms with Gasteiger partial charge in [0.15, 0.2) is 0 Å². The van der Waals surface area contributed by atoms with Gasteiger partial charge in [-0.2, -0.15) is 0 Å². The van der Waals surface area contributed by atoms with Crippen LogP contribution in [-0.4, -0.2) is 0 Å². The van der Waals surface area contributed by atoms with Gasteiger partial charge >= 0.3 is 0 Å². The van der Waals surface area contributed by atoms with Crippen molar-refractivity contribution < 1.29 is 0 Å². The summed E-state index contributed by atoms with van der Waals surface area (Å²) in [5.41, 5.74) is 0.509. The molecule has 0 heteroatoms. The molecule has 2 atom stereocenters. The third kappa shape index (κ3) is 12.1. The molecule has 0 nitrogen and oxygen atoms in total. The number of hydrogen-bond donors (Lipinski definition) is 0. The van der Waals surface area contributed by atoms with Gasteiger partial charge in [-0.25, -0.2) is 0 Å². The molecule has 0 amide bonds. The molecule has 100 valence electrons. The zero-order chi connectivity index (χ0) is 13.4. The lowest BCUT2D eigenvalue weighted by Crippen LogP contribution is -2.15. The van der Waals surface area contributed by atoms with E-state index in [1.165, 1.54) is 19.3 Å². The molecule has 0 aliphatic carbocycles. The molecule has 0 aliphatic rings. The van der Waals surface area contributed by atoms with Crippen molar-refractivity contribution in [2.24, 2.45) is 23.2 Å². The van der Waals surface area contributed by atoms with Crippen LogP contribution in [0.25, 0.3) is 0 Å². The maximum Gasteiger partial charge on any atom is -0.0357 e. The molecule has 0 aliphatic heterocycles. The monoisotopic (exact) mass is 228 g/mol. The van der Waals surface area contributed by atoms with Gasteiger partial charge in [0.25, 0.3) is 0 Å². The Morgan fingerprint density at radius 2 is 1.25 bits per heavy atom.